The summed E-state index contributed by atoms with van der Waals surface area (Å²) in [4.78, 5) is 19.2. The van der Waals surface area contributed by atoms with E-state index in [4.69, 9.17) is 4.74 Å². The molecule has 2 aliphatic heterocycles. The Hall–Kier alpha value is -1.36. The highest BCUT2D eigenvalue weighted by atomic mass is 16.5. The fraction of sp³-hybridized carbons (Fsp3) is 0.765. The molecule has 1 aromatic rings. The van der Waals surface area contributed by atoms with Crippen molar-refractivity contribution >= 4 is 5.91 Å². The van der Waals surface area contributed by atoms with Crippen molar-refractivity contribution in [3.05, 3.63) is 18.2 Å². The number of nitrogens with zero attached hydrogens (tertiary/aromatic N) is 3. The number of hydrogen-bond acceptors (Lipinski definition) is 3. The number of ether oxygens (including phenoxy) is 1. The van der Waals surface area contributed by atoms with E-state index in [2.05, 4.69) is 14.5 Å². The molecule has 0 N–H and O–H groups in total. The van der Waals surface area contributed by atoms with Crippen LogP contribution in [0.5, 0.6) is 0 Å². The third-order valence-corrected chi connectivity index (χ3v) is 5.64. The van der Waals surface area contributed by atoms with Gasteiger partial charge in [-0.1, -0.05) is 19.3 Å². The molecule has 1 saturated heterocycles. The number of carbonyl (C=O) groups is 1. The minimum absolute atomic E-state index is 0.0407. The Morgan fingerprint density at radius 1 is 1.32 bits per heavy atom. The van der Waals surface area contributed by atoms with E-state index in [1.165, 1.54) is 25.0 Å². The number of rotatable bonds is 1. The standard InChI is InChI=1S/C17H25N3O2/c21-16(14-4-5-15-10-18-13-20(15)11-14)19-8-9-22-17(12-19)6-2-1-3-7-17/h10,13-14H,1-9,11-12H2. The van der Waals surface area contributed by atoms with Crippen molar-refractivity contribution in [1.82, 2.24) is 14.5 Å². The lowest BCUT2D eigenvalue weighted by molar-refractivity contribution is -0.160. The van der Waals surface area contributed by atoms with Crippen molar-refractivity contribution in [2.24, 2.45) is 5.92 Å². The lowest BCUT2D eigenvalue weighted by Gasteiger charge is -2.46. The van der Waals surface area contributed by atoms with Crippen molar-refractivity contribution < 1.29 is 9.53 Å². The number of aromatic nitrogens is 2. The second-order valence-electron chi connectivity index (χ2n) is 7.12. The van der Waals surface area contributed by atoms with E-state index in [9.17, 15) is 4.79 Å². The second-order valence-corrected chi connectivity index (χ2v) is 7.12. The quantitative estimate of drug-likeness (QED) is 0.797. The summed E-state index contributed by atoms with van der Waals surface area (Å²) in [6.45, 7) is 3.06. The maximum atomic E-state index is 12.9. The van der Waals surface area contributed by atoms with Crippen LogP contribution in [-0.2, 0) is 22.5 Å². The smallest absolute Gasteiger partial charge is 0.227 e. The van der Waals surface area contributed by atoms with Gasteiger partial charge in [0, 0.05) is 31.5 Å². The number of fused-ring (bicyclic) bond motifs is 1. The van der Waals surface area contributed by atoms with Crippen LogP contribution in [-0.4, -0.2) is 45.7 Å². The van der Waals surface area contributed by atoms with Gasteiger partial charge in [-0.3, -0.25) is 4.79 Å². The summed E-state index contributed by atoms with van der Waals surface area (Å²) in [6, 6.07) is 0. The fourth-order valence-corrected chi connectivity index (χ4v) is 4.36. The minimum Gasteiger partial charge on any atom is -0.371 e. The SMILES string of the molecule is O=C(C1CCc2cncn2C1)N1CCOC2(CCCCC2)C1. The molecule has 0 aromatic carbocycles. The van der Waals surface area contributed by atoms with E-state index >= 15 is 0 Å². The van der Waals surface area contributed by atoms with Gasteiger partial charge in [-0.2, -0.15) is 0 Å². The summed E-state index contributed by atoms with van der Waals surface area (Å²) in [5.74, 6) is 0.438. The van der Waals surface area contributed by atoms with Crippen molar-refractivity contribution in [3.63, 3.8) is 0 Å². The average Bonchev–Trinajstić information content (AvgIpc) is 3.02. The van der Waals surface area contributed by atoms with Crippen molar-refractivity contribution in [1.29, 1.82) is 0 Å². The molecular formula is C17H25N3O2. The lowest BCUT2D eigenvalue weighted by Crippen LogP contribution is -2.56. The first-order chi connectivity index (χ1) is 10.8. The molecule has 3 heterocycles. The lowest BCUT2D eigenvalue weighted by atomic mass is 9.83. The summed E-state index contributed by atoms with van der Waals surface area (Å²) < 4.78 is 8.25. The van der Waals surface area contributed by atoms with Gasteiger partial charge in [-0.15, -0.1) is 0 Å². The molecule has 1 atom stereocenters. The van der Waals surface area contributed by atoms with E-state index in [1.54, 1.807) is 0 Å². The highest BCUT2D eigenvalue weighted by Gasteiger charge is 2.40. The molecule has 0 radical (unpaired) electrons. The number of carbonyl (C=O) groups excluding carboxylic acids is 1. The molecule has 1 aliphatic carbocycles. The van der Waals surface area contributed by atoms with E-state index in [0.29, 0.717) is 12.5 Å². The fourth-order valence-electron chi connectivity index (χ4n) is 4.36. The zero-order chi connectivity index (χ0) is 15.0. The molecule has 1 saturated carbocycles. The van der Waals surface area contributed by atoms with Crippen molar-refractivity contribution in [2.45, 2.75) is 57.1 Å². The zero-order valence-electron chi connectivity index (χ0n) is 13.2. The monoisotopic (exact) mass is 303 g/mol. The summed E-state index contributed by atoms with van der Waals surface area (Å²) in [5.41, 5.74) is 1.22. The molecular weight excluding hydrogens is 278 g/mol. The summed E-state index contributed by atoms with van der Waals surface area (Å²) >= 11 is 0. The maximum absolute atomic E-state index is 12.9. The predicted octanol–water partition coefficient (Wildman–Crippen LogP) is 2.01. The van der Waals surface area contributed by atoms with Crippen LogP contribution in [0.2, 0.25) is 0 Å². The third-order valence-electron chi connectivity index (χ3n) is 5.64. The predicted molar refractivity (Wildman–Crippen MR) is 82.4 cm³/mol. The molecule has 5 heteroatoms. The first-order valence-electron chi connectivity index (χ1n) is 8.68. The Morgan fingerprint density at radius 3 is 3.05 bits per heavy atom. The first-order valence-corrected chi connectivity index (χ1v) is 8.68. The Bertz CT molecular complexity index is 542. The van der Waals surface area contributed by atoms with Crippen LogP contribution in [0.25, 0.3) is 0 Å². The van der Waals surface area contributed by atoms with Gasteiger partial charge >= 0.3 is 0 Å². The number of aryl methyl sites for hydroxylation is 1. The highest BCUT2D eigenvalue weighted by molar-refractivity contribution is 5.79. The van der Waals surface area contributed by atoms with Gasteiger partial charge < -0.3 is 14.2 Å². The van der Waals surface area contributed by atoms with Gasteiger partial charge in [-0.05, 0) is 25.7 Å². The first kappa shape index (κ1) is 14.2. The minimum atomic E-state index is -0.0407. The molecule has 3 aliphatic rings. The normalized spacial score (nSPS) is 27.6. The summed E-state index contributed by atoms with van der Waals surface area (Å²) in [5, 5.41) is 0. The molecule has 1 amide bonds. The second kappa shape index (κ2) is 5.69. The van der Waals surface area contributed by atoms with E-state index in [0.717, 1.165) is 45.3 Å². The van der Waals surface area contributed by atoms with E-state index in [1.807, 2.05) is 12.5 Å². The summed E-state index contributed by atoms with van der Waals surface area (Å²) in [6.07, 6.45) is 11.7. The Balaban J connectivity index is 1.44. The van der Waals surface area contributed by atoms with Crippen molar-refractivity contribution in [2.75, 3.05) is 19.7 Å². The van der Waals surface area contributed by atoms with Gasteiger partial charge in [0.1, 0.15) is 0 Å². The number of imidazole rings is 1. The van der Waals surface area contributed by atoms with Gasteiger partial charge in [0.2, 0.25) is 5.91 Å². The molecule has 4 rings (SSSR count). The number of amides is 1. The zero-order valence-corrected chi connectivity index (χ0v) is 13.2. The van der Waals surface area contributed by atoms with Crippen LogP contribution in [0.4, 0.5) is 0 Å². The maximum Gasteiger partial charge on any atom is 0.227 e. The van der Waals surface area contributed by atoms with Crippen molar-refractivity contribution in [3.8, 4) is 0 Å². The van der Waals surface area contributed by atoms with Gasteiger partial charge in [-0.25, -0.2) is 4.98 Å². The van der Waals surface area contributed by atoms with Crippen LogP contribution in [0.15, 0.2) is 12.5 Å². The molecule has 1 spiro atoms. The van der Waals surface area contributed by atoms with Crippen LogP contribution >= 0.6 is 0 Å². The van der Waals surface area contributed by atoms with Crippen LogP contribution < -0.4 is 0 Å². The van der Waals surface area contributed by atoms with Gasteiger partial charge in [0.05, 0.1) is 24.5 Å². The topological polar surface area (TPSA) is 47.4 Å². The molecule has 1 aromatic heterocycles. The average molecular weight is 303 g/mol. The molecule has 2 fully saturated rings. The highest BCUT2D eigenvalue weighted by Crippen LogP contribution is 2.35. The van der Waals surface area contributed by atoms with E-state index < -0.39 is 0 Å². The summed E-state index contributed by atoms with van der Waals surface area (Å²) in [7, 11) is 0. The van der Waals surface area contributed by atoms with Gasteiger partial charge in [0.25, 0.3) is 0 Å². The third kappa shape index (κ3) is 2.56. The van der Waals surface area contributed by atoms with Gasteiger partial charge in [0.15, 0.2) is 0 Å². The molecule has 5 nitrogen and oxygen atoms in total. The van der Waals surface area contributed by atoms with E-state index in [-0.39, 0.29) is 11.5 Å². The number of morpholine rings is 1. The largest absolute Gasteiger partial charge is 0.371 e. The van der Waals surface area contributed by atoms with Crippen LogP contribution in [0.1, 0.15) is 44.2 Å². The Kier molecular flexibility index (Phi) is 3.68. The van der Waals surface area contributed by atoms with Crippen LogP contribution in [0.3, 0.4) is 0 Å². The Morgan fingerprint density at radius 2 is 2.18 bits per heavy atom. The molecule has 22 heavy (non-hydrogen) atoms. The molecule has 1 unspecified atom stereocenters. The van der Waals surface area contributed by atoms with Crippen LogP contribution in [0, 0.1) is 5.92 Å². The molecule has 120 valence electrons. The number of hydrogen-bond donors (Lipinski definition) is 0. The molecule has 0 bridgehead atoms. The Labute approximate surface area is 131 Å².